The van der Waals surface area contributed by atoms with Crippen molar-refractivity contribution in [2.45, 2.75) is 45.1 Å². The van der Waals surface area contributed by atoms with Gasteiger partial charge in [-0.15, -0.1) is 0 Å². The molecule has 0 heterocycles. The lowest BCUT2D eigenvalue weighted by molar-refractivity contribution is 0.0675. The van der Waals surface area contributed by atoms with Gasteiger partial charge in [-0.25, -0.2) is 0 Å². The highest BCUT2D eigenvalue weighted by atomic mass is 79.9. The van der Waals surface area contributed by atoms with Crippen molar-refractivity contribution >= 4 is 27.5 Å². The highest BCUT2D eigenvalue weighted by Crippen LogP contribution is 2.30. The van der Waals surface area contributed by atoms with Gasteiger partial charge in [0.25, 0.3) is 5.91 Å². The van der Waals surface area contributed by atoms with Crippen molar-refractivity contribution in [1.29, 1.82) is 0 Å². The molecule has 1 aliphatic carbocycles. The third kappa shape index (κ3) is 3.35. The maximum atomic E-state index is 12.6. The van der Waals surface area contributed by atoms with E-state index < -0.39 is 0 Å². The molecule has 0 unspecified atom stereocenters. The minimum atomic E-state index is 0.0312. The Morgan fingerprint density at radius 3 is 2.60 bits per heavy atom. The van der Waals surface area contributed by atoms with Gasteiger partial charge in [0.2, 0.25) is 0 Å². The maximum Gasteiger partial charge on any atom is 0.255 e. The fourth-order valence-electron chi connectivity index (χ4n) is 3.01. The van der Waals surface area contributed by atoms with E-state index in [0.717, 1.165) is 23.2 Å². The second-order valence-corrected chi connectivity index (χ2v) is 6.65. The van der Waals surface area contributed by atoms with Crippen LogP contribution in [0.5, 0.6) is 0 Å². The van der Waals surface area contributed by atoms with Crippen molar-refractivity contribution in [2.75, 3.05) is 12.8 Å². The number of halogens is 1. The van der Waals surface area contributed by atoms with Crippen LogP contribution in [0.15, 0.2) is 22.7 Å². The van der Waals surface area contributed by atoms with Gasteiger partial charge >= 0.3 is 0 Å². The molecular formula is C16H23BrN2O. The Labute approximate surface area is 129 Å². The highest BCUT2D eigenvalue weighted by molar-refractivity contribution is 9.10. The maximum absolute atomic E-state index is 12.6. The van der Waals surface area contributed by atoms with E-state index >= 15 is 0 Å². The van der Waals surface area contributed by atoms with E-state index in [4.69, 9.17) is 5.73 Å². The first-order chi connectivity index (χ1) is 9.52. The standard InChI is InChI=1S/C16H23BrN2O/c1-3-11-4-7-13(8-5-11)19(2)16(20)14-10-12(17)6-9-15(14)18/h6,9-11,13H,3-5,7-8,18H2,1-2H3. The SMILES string of the molecule is CCC1CCC(N(C)C(=O)c2cc(Br)ccc2N)CC1. The largest absolute Gasteiger partial charge is 0.398 e. The predicted octanol–water partition coefficient (Wildman–Crippen LogP) is 4.07. The zero-order chi connectivity index (χ0) is 14.7. The second kappa shape index (κ2) is 6.61. The van der Waals surface area contributed by atoms with Crippen LogP contribution in [0, 0.1) is 5.92 Å². The Bertz CT molecular complexity index is 481. The lowest BCUT2D eigenvalue weighted by Gasteiger charge is -2.34. The summed E-state index contributed by atoms with van der Waals surface area (Å²) >= 11 is 3.40. The minimum absolute atomic E-state index is 0.0312. The van der Waals surface area contributed by atoms with Crippen LogP contribution >= 0.6 is 15.9 Å². The average molecular weight is 339 g/mol. The second-order valence-electron chi connectivity index (χ2n) is 5.73. The van der Waals surface area contributed by atoms with Crippen molar-refractivity contribution in [3.05, 3.63) is 28.2 Å². The third-order valence-electron chi connectivity index (χ3n) is 4.51. The first-order valence-corrected chi connectivity index (χ1v) is 8.14. The third-order valence-corrected chi connectivity index (χ3v) is 5.00. The van der Waals surface area contributed by atoms with E-state index in [1.165, 1.54) is 19.3 Å². The van der Waals surface area contributed by atoms with Gasteiger partial charge in [0.05, 0.1) is 5.56 Å². The first kappa shape index (κ1) is 15.4. The number of nitrogens with two attached hydrogens (primary N) is 1. The molecular weight excluding hydrogens is 316 g/mol. The molecule has 2 rings (SSSR count). The Hall–Kier alpha value is -1.03. The summed E-state index contributed by atoms with van der Waals surface area (Å²) in [6, 6.07) is 5.80. The van der Waals surface area contributed by atoms with Crippen LogP contribution < -0.4 is 5.73 Å². The number of carbonyl (C=O) groups is 1. The quantitative estimate of drug-likeness (QED) is 0.844. The topological polar surface area (TPSA) is 46.3 Å². The lowest BCUT2D eigenvalue weighted by atomic mass is 9.84. The zero-order valence-electron chi connectivity index (χ0n) is 12.2. The number of nitrogen functional groups attached to an aromatic ring is 1. The molecule has 1 aromatic carbocycles. The van der Waals surface area contributed by atoms with Crippen molar-refractivity contribution < 1.29 is 4.79 Å². The van der Waals surface area contributed by atoms with Gasteiger partial charge in [-0.05, 0) is 49.8 Å². The Morgan fingerprint density at radius 1 is 1.35 bits per heavy atom. The summed E-state index contributed by atoms with van der Waals surface area (Å²) < 4.78 is 0.887. The molecule has 0 aliphatic heterocycles. The zero-order valence-corrected chi connectivity index (χ0v) is 13.8. The summed E-state index contributed by atoms with van der Waals surface area (Å²) in [5, 5.41) is 0. The monoisotopic (exact) mass is 338 g/mol. The molecule has 1 fully saturated rings. The molecule has 4 heteroatoms. The fraction of sp³-hybridized carbons (Fsp3) is 0.562. The smallest absolute Gasteiger partial charge is 0.255 e. The predicted molar refractivity (Wildman–Crippen MR) is 86.7 cm³/mol. The summed E-state index contributed by atoms with van der Waals surface area (Å²) in [7, 11) is 1.90. The normalized spacial score (nSPS) is 22.6. The van der Waals surface area contributed by atoms with Crippen LogP contribution in [0.4, 0.5) is 5.69 Å². The molecule has 0 atom stereocenters. The molecule has 0 saturated heterocycles. The molecule has 0 aromatic heterocycles. The number of benzene rings is 1. The van der Waals surface area contributed by atoms with Gasteiger partial charge in [0.15, 0.2) is 0 Å². The number of hydrogen-bond acceptors (Lipinski definition) is 2. The van der Waals surface area contributed by atoms with Gasteiger partial charge in [-0.1, -0.05) is 29.3 Å². The number of amides is 1. The van der Waals surface area contributed by atoms with Gasteiger partial charge < -0.3 is 10.6 Å². The van der Waals surface area contributed by atoms with E-state index in [9.17, 15) is 4.79 Å². The number of hydrogen-bond donors (Lipinski definition) is 1. The first-order valence-electron chi connectivity index (χ1n) is 7.35. The molecule has 1 aromatic rings. The van der Waals surface area contributed by atoms with Crippen molar-refractivity contribution in [3.8, 4) is 0 Å². The van der Waals surface area contributed by atoms with E-state index in [0.29, 0.717) is 17.3 Å². The molecule has 0 radical (unpaired) electrons. The number of anilines is 1. The van der Waals surface area contributed by atoms with Crippen LogP contribution in [0.1, 0.15) is 49.4 Å². The van der Waals surface area contributed by atoms with Crippen molar-refractivity contribution in [1.82, 2.24) is 4.90 Å². The van der Waals surface area contributed by atoms with E-state index in [2.05, 4.69) is 22.9 Å². The summed E-state index contributed by atoms with van der Waals surface area (Å²) in [4.78, 5) is 14.5. The van der Waals surface area contributed by atoms with Crippen LogP contribution in [-0.4, -0.2) is 23.9 Å². The number of carbonyl (C=O) groups excluding carboxylic acids is 1. The fourth-order valence-corrected chi connectivity index (χ4v) is 3.37. The van der Waals surface area contributed by atoms with Gasteiger partial charge in [-0.3, -0.25) is 4.79 Å². The molecule has 1 amide bonds. The molecule has 0 spiro atoms. The summed E-state index contributed by atoms with van der Waals surface area (Å²) in [6.07, 6.45) is 5.92. The van der Waals surface area contributed by atoms with Crippen LogP contribution in [-0.2, 0) is 0 Å². The van der Waals surface area contributed by atoms with E-state index in [1.807, 2.05) is 24.1 Å². The Morgan fingerprint density at radius 2 is 2.00 bits per heavy atom. The summed E-state index contributed by atoms with van der Waals surface area (Å²) in [6.45, 7) is 2.25. The number of rotatable bonds is 3. The number of nitrogens with zero attached hydrogens (tertiary/aromatic N) is 1. The molecule has 110 valence electrons. The molecule has 3 nitrogen and oxygen atoms in total. The van der Waals surface area contributed by atoms with Gasteiger partial charge in [-0.2, -0.15) is 0 Å². The average Bonchev–Trinajstić information content (AvgIpc) is 2.48. The summed E-state index contributed by atoms with van der Waals surface area (Å²) in [5.41, 5.74) is 7.08. The van der Waals surface area contributed by atoms with Crippen LogP contribution in [0.25, 0.3) is 0 Å². The molecule has 1 aliphatic rings. The van der Waals surface area contributed by atoms with Crippen LogP contribution in [0.2, 0.25) is 0 Å². The summed E-state index contributed by atoms with van der Waals surface area (Å²) in [5.74, 6) is 0.870. The molecule has 1 saturated carbocycles. The lowest BCUT2D eigenvalue weighted by Crippen LogP contribution is -2.39. The van der Waals surface area contributed by atoms with E-state index in [-0.39, 0.29) is 5.91 Å². The van der Waals surface area contributed by atoms with E-state index in [1.54, 1.807) is 6.07 Å². The van der Waals surface area contributed by atoms with Crippen molar-refractivity contribution in [2.24, 2.45) is 5.92 Å². The highest BCUT2D eigenvalue weighted by Gasteiger charge is 2.27. The molecule has 0 bridgehead atoms. The van der Waals surface area contributed by atoms with Gasteiger partial charge in [0.1, 0.15) is 0 Å². The van der Waals surface area contributed by atoms with Crippen molar-refractivity contribution in [3.63, 3.8) is 0 Å². The van der Waals surface area contributed by atoms with Crippen LogP contribution in [0.3, 0.4) is 0 Å². The molecule has 20 heavy (non-hydrogen) atoms. The molecule has 2 N–H and O–H groups in total. The van der Waals surface area contributed by atoms with Gasteiger partial charge in [0, 0.05) is 23.2 Å². The Balaban J connectivity index is 2.07. The Kier molecular flexibility index (Phi) is 5.08. The minimum Gasteiger partial charge on any atom is -0.398 e.